The smallest absolute Gasteiger partial charge is 0.277 e. The number of quaternary nitrogens is 1. The Hall–Kier alpha value is -2.73. The van der Waals surface area contributed by atoms with Gasteiger partial charge in [-0.15, -0.1) is 0 Å². The summed E-state index contributed by atoms with van der Waals surface area (Å²) in [4.78, 5) is 27.3. The molecule has 28 heavy (non-hydrogen) atoms. The van der Waals surface area contributed by atoms with Crippen molar-refractivity contribution in [1.82, 2.24) is 4.90 Å². The van der Waals surface area contributed by atoms with Crippen molar-refractivity contribution in [3.8, 4) is 0 Å². The van der Waals surface area contributed by atoms with Crippen LogP contribution in [0.1, 0.15) is 24.0 Å². The van der Waals surface area contributed by atoms with E-state index in [9.17, 15) is 14.0 Å². The monoisotopic (exact) mass is 384 g/mol. The lowest BCUT2D eigenvalue weighted by Gasteiger charge is -2.23. The van der Waals surface area contributed by atoms with Crippen LogP contribution in [0.5, 0.6) is 0 Å². The van der Waals surface area contributed by atoms with Crippen LogP contribution in [0.3, 0.4) is 0 Å². The molecule has 3 rings (SSSR count). The van der Waals surface area contributed by atoms with Gasteiger partial charge in [-0.05, 0) is 25.1 Å². The number of rotatable bonds is 8. The molecule has 1 aliphatic rings. The Kier molecular flexibility index (Phi) is 6.41. The van der Waals surface area contributed by atoms with Gasteiger partial charge in [-0.3, -0.25) is 9.59 Å². The lowest BCUT2D eigenvalue weighted by Crippen LogP contribution is -3.13. The number of anilines is 1. The molecule has 2 N–H and O–H groups in total. The quantitative estimate of drug-likeness (QED) is 0.729. The van der Waals surface area contributed by atoms with Gasteiger partial charge in [0.25, 0.3) is 5.91 Å². The highest BCUT2D eigenvalue weighted by molar-refractivity contribution is 5.94. The third-order valence-corrected chi connectivity index (χ3v) is 5.05. The highest BCUT2D eigenvalue weighted by Gasteiger charge is 2.35. The second-order valence-corrected chi connectivity index (χ2v) is 7.54. The molecular formula is C22H27FN3O2+. The fraction of sp³-hybridized carbons (Fsp3) is 0.364. The molecule has 148 valence electrons. The third kappa shape index (κ3) is 5.63. The Bertz CT molecular complexity index is 834. The molecule has 1 atom stereocenters. The number of nitrogens with one attached hydrogen (secondary N) is 2. The summed E-state index contributed by atoms with van der Waals surface area (Å²) in [6.07, 6.45) is 2.10. The fourth-order valence-electron chi connectivity index (χ4n) is 3.20. The molecule has 0 aliphatic heterocycles. The number of aryl methyl sites for hydroxylation is 1. The molecule has 1 unspecified atom stereocenters. The Morgan fingerprint density at radius 2 is 1.82 bits per heavy atom. The highest BCUT2D eigenvalue weighted by atomic mass is 19.1. The summed E-state index contributed by atoms with van der Waals surface area (Å²) < 4.78 is 14.0. The van der Waals surface area contributed by atoms with Gasteiger partial charge in [-0.1, -0.05) is 35.9 Å². The Morgan fingerprint density at radius 1 is 1.14 bits per heavy atom. The number of carbonyl (C=O) groups excluding carboxylic acids is 2. The first-order valence-electron chi connectivity index (χ1n) is 9.61. The fourth-order valence-corrected chi connectivity index (χ4v) is 3.20. The Labute approximate surface area is 165 Å². The van der Waals surface area contributed by atoms with Crippen molar-refractivity contribution >= 4 is 17.5 Å². The molecule has 0 bridgehead atoms. The van der Waals surface area contributed by atoms with Crippen LogP contribution < -0.4 is 10.2 Å². The van der Waals surface area contributed by atoms with Gasteiger partial charge < -0.3 is 15.1 Å². The summed E-state index contributed by atoms with van der Waals surface area (Å²) in [7, 11) is 1.63. The molecular weight excluding hydrogens is 357 g/mol. The van der Waals surface area contributed by atoms with Crippen molar-refractivity contribution in [2.45, 2.75) is 32.4 Å². The van der Waals surface area contributed by atoms with E-state index in [1.54, 1.807) is 19.2 Å². The molecule has 1 saturated carbocycles. The molecule has 0 heterocycles. The molecule has 2 amide bonds. The summed E-state index contributed by atoms with van der Waals surface area (Å²) in [6, 6.07) is 14.6. The van der Waals surface area contributed by atoms with Crippen molar-refractivity contribution in [2.24, 2.45) is 0 Å². The van der Waals surface area contributed by atoms with Gasteiger partial charge in [0.15, 0.2) is 6.54 Å². The Balaban J connectivity index is 1.53. The number of likely N-dealkylation sites (N-methyl/N-ethyl adjacent to an activating group) is 1. The normalized spacial score (nSPS) is 14.4. The van der Waals surface area contributed by atoms with Crippen LogP contribution in [0.4, 0.5) is 10.1 Å². The van der Waals surface area contributed by atoms with Gasteiger partial charge >= 0.3 is 0 Å². The average Bonchev–Trinajstić information content (AvgIpc) is 3.50. The summed E-state index contributed by atoms with van der Waals surface area (Å²) >= 11 is 0. The van der Waals surface area contributed by atoms with Gasteiger partial charge in [-0.2, -0.15) is 0 Å². The topological polar surface area (TPSA) is 53.9 Å². The summed E-state index contributed by atoms with van der Waals surface area (Å²) in [5.41, 5.74) is 2.45. The van der Waals surface area contributed by atoms with E-state index in [2.05, 4.69) is 5.32 Å². The minimum Gasteiger partial charge on any atom is -0.332 e. The molecule has 2 aromatic carbocycles. The molecule has 1 aliphatic carbocycles. The van der Waals surface area contributed by atoms with Crippen LogP contribution in [0.25, 0.3) is 0 Å². The van der Waals surface area contributed by atoms with E-state index >= 15 is 0 Å². The lowest BCUT2D eigenvalue weighted by atomic mass is 10.2. The number of nitrogens with zero attached hydrogens (tertiary/aromatic N) is 1. The molecule has 1 fully saturated rings. The molecule has 6 heteroatoms. The van der Waals surface area contributed by atoms with Crippen molar-refractivity contribution in [2.75, 3.05) is 25.5 Å². The Morgan fingerprint density at radius 3 is 2.46 bits per heavy atom. The van der Waals surface area contributed by atoms with E-state index in [4.69, 9.17) is 0 Å². The summed E-state index contributed by atoms with van der Waals surface area (Å²) in [5.74, 6) is -0.585. The van der Waals surface area contributed by atoms with E-state index in [-0.39, 0.29) is 30.7 Å². The van der Waals surface area contributed by atoms with Crippen LogP contribution in [-0.2, 0) is 16.1 Å². The minimum absolute atomic E-state index is 0.00957. The highest BCUT2D eigenvalue weighted by Crippen LogP contribution is 2.16. The number of hydrogen-bond donors (Lipinski definition) is 2. The maximum atomic E-state index is 14.0. The maximum Gasteiger partial charge on any atom is 0.277 e. The van der Waals surface area contributed by atoms with E-state index in [0.717, 1.165) is 23.3 Å². The van der Waals surface area contributed by atoms with Crippen LogP contribution in [-0.4, -0.2) is 42.9 Å². The first kappa shape index (κ1) is 20.0. The van der Waals surface area contributed by atoms with Crippen LogP contribution >= 0.6 is 0 Å². The first-order valence-corrected chi connectivity index (χ1v) is 9.61. The predicted molar refractivity (Wildman–Crippen MR) is 106 cm³/mol. The summed E-state index contributed by atoms with van der Waals surface area (Å²) in [6.45, 7) is 2.71. The number of hydrogen-bond acceptors (Lipinski definition) is 2. The third-order valence-electron chi connectivity index (χ3n) is 5.05. The van der Waals surface area contributed by atoms with Crippen LogP contribution in [0.2, 0.25) is 0 Å². The van der Waals surface area contributed by atoms with Gasteiger partial charge in [0.2, 0.25) is 5.91 Å². The second kappa shape index (κ2) is 8.97. The number of benzene rings is 2. The zero-order chi connectivity index (χ0) is 20.1. The van der Waals surface area contributed by atoms with Crippen molar-refractivity contribution in [3.05, 3.63) is 65.5 Å². The SMILES string of the molecule is Cc1ccc(NC(=O)CN(C)C(=O)C[NH+](Cc2ccccc2F)C2CC2)cc1. The molecule has 0 spiro atoms. The van der Waals surface area contributed by atoms with Gasteiger partial charge in [-0.25, -0.2) is 4.39 Å². The zero-order valence-electron chi connectivity index (χ0n) is 16.4. The maximum absolute atomic E-state index is 14.0. The number of carbonyl (C=O) groups is 2. The first-order chi connectivity index (χ1) is 13.4. The molecule has 0 radical (unpaired) electrons. The van der Waals surface area contributed by atoms with Crippen molar-refractivity contribution in [1.29, 1.82) is 0 Å². The lowest BCUT2D eigenvalue weighted by molar-refractivity contribution is -0.917. The molecule has 5 nitrogen and oxygen atoms in total. The van der Waals surface area contributed by atoms with E-state index in [0.29, 0.717) is 23.8 Å². The largest absolute Gasteiger partial charge is 0.332 e. The number of amides is 2. The van der Waals surface area contributed by atoms with E-state index < -0.39 is 0 Å². The van der Waals surface area contributed by atoms with Crippen LogP contribution in [0.15, 0.2) is 48.5 Å². The second-order valence-electron chi connectivity index (χ2n) is 7.54. The number of halogens is 1. The van der Waals surface area contributed by atoms with Crippen molar-refractivity contribution in [3.63, 3.8) is 0 Å². The minimum atomic E-state index is -0.237. The van der Waals surface area contributed by atoms with Crippen LogP contribution in [0, 0.1) is 12.7 Å². The van der Waals surface area contributed by atoms with Gasteiger partial charge in [0, 0.05) is 31.1 Å². The standard InChI is InChI=1S/C22H26FN3O2/c1-16-7-9-18(10-8-16)24-21(27)14-25(2)22(28)15-26(19-11-12-19)13-17-5-3-4-6-20(17)23/h3-10,19H,11-15H2,1-2H3,(H,24,27)/p+1. The van der Waals surface area contributed by atoms with Gasteiger partial charge in [0.1, 0.15) is 12.4 Å². The van der Waals surface area contributed by atoms with Crippen molar-refractivity contribution < 1.29 is 18.9 Å². The molecule has 0 aromatic heterocycles. The van der Waals surface area contributed by atoms with Gasteiger partial charge in [0.05, 0.1) is 12.6 Å². The summed E-state index contributed by atoms with van der Waals surface area (Å²) in [5, 5.41) is 2.80. The average molecular weight is 384 g/mol. The molecule has 0 saturated heterocycles. The predicted octanol–water partition coefficient (Wildman–Crippen LogP) is 1.78. The van der Waals surface area contributed by atoms with E-state index in [1.165, 1.54) is 11.0 Å². The zero-order valence-corrected chi connectivity index (χ0v) is 16.4. The van der Waals surface area contributed by atoms with E-state index in [1.807, 2.05) is 37.3 Å². The molecule has 2 aromatic rings.